The zero-order valence-corrected chi connectivity index (χ0v) is 10.6. The molecule has 0 atom stereocenters. The van der Waals surface area contributed by atoms with E-state index in [0.717, 1.165) is 17.7 Å². The molecule has 0 spiro atoms. The van der Waals surface area contributed by atoms with Crippen molar-refractivity contribution in [1.29, 1.82) is 0 Å². The van der Waals surface area contributed by atoms with Crippen LogP contribution in [0.3, 0.4) is 0 Å². The fourth-order valence-corrected chi connectivity index (χ4v) is 1.96. The second kappa shape index (κ2) is 5.17. The summed E-state index contributed by atoms with van der Waals surface area (Å²) in [4.78, 5) is 12.2. The molecular formula is C15H16FNO. The molecule has 0 saturated heterocycles. The van der Waals surface area contributed by atoms with Crippen molar-refractivity contribution in [2.45, 2.75) is 26.8 Å². The van der Waals surface area contributed by atoms with Gasteiger partial charge in [0.1, 0.15) is 5.82 Å². The molecule has 18 heavy (non-hydrogen) atoms. The van der Waals surface area contributed by atoms with Crippen LogP contribution in [0, 0.1) is 5.82 Å². The van der Waals surface area contributed by atoms with Gasteiger partial charge in [-0.1, -0.05) is 19.1 Å². The molecule has 2 rings (SSSR count). The fraction of sp³-hybridized carbons (Fsp3) is 0.267. The highest BCUT2D eigenvalue weighted by Crippen LogP contribution is 2.16. The van der Waals surface area contributed by atoms with Crippen LogP contribution in [0.1, 0.15) is 19.4 Å². The van der Waals surface area contributed by atoms with Crippen LogP contribution in [0.2, 0.25) is 0 Å². The van der Waals surface area contributed by atoms with E-state index >= 15 is 0 Å². The standard InChI is InChI=1S/C15H16FNO/c1-3-11-9-17(4-2)10-14(15(11)18)12-5-7-13(16)8-6-12/h5-10H,3-4H2,1-2H3. The van der Waals surface area contributed by atoms with Gasteiger partial charge >= 0.3 is 0 Å². The SMILES string of the molecule is CCc1cn(CC)cc(-c2ccc(F)cc2)c1=O. The van der Waals surface area contributed by atoms with E-state index < -0.39 is 0 Å². The predicted octanol–water partition coefficient (Wildman–Crippen LogP) is 3.24. The van der Waals surface area contributed by atoms with Gasteiger partial charge in [-0.2, -0.15) is 0 Å². The summed E-state index contributed by atoms with van der Waals surface area (Å²) in [5, 5.41) is 0. The van der Waals surface area contributed by atoms with Gasteiger partial charge in [0.05, 0.1) is 0 Å². The maximum absolute atomic E-state index is 12.9. The van der Waals surface area contributed by atoms with Gasteiger partial charge in [0, 0.05) is 30.1 Å². The van der Waals surface area contributed by atoms with E-state index in [-0.39, 0.29) is 11.2 Å². The van der Waals surface area contributed by atoms with Crippen LogP contribution in [-0.4, -0.2) is 4.57 Å². The number of aromatic nitrogens is 1. The zero-order valence-electron chi connectivity index (χ0n) is 10.6. The third kappa shape index (κ3) is 2.35. The minimum atomic E-state index is -0.291. The maximum Gasteiger partial charge on any atom is 0.192 e. The van der Waals surface area contributed by atoms with Crippen molar-refractivity contribution in [2.24, 2.45) is 0 Å². The lowest BCUT2D eigenvalue weighted by Crippen LogP contribution is -2.14. The van der Waals surface area contributed by atoms with E-state index in [1.165, 1.54) is 12.1 Å². The molecule has 0 bridgehead atoms. The first-order chi connectivity index (χ1) is 8.65. The Morgan fingerprint density at radius 3 is 2.33 bits per heavy atom. The van der Waals surface area contributed by atoms with Gasteiger partial charge in [-0.3, -0.25) is 4.79 Å². The first-order valence-electron chi connectivity index (χ1n) is 6.14. The summed E-state index contributed by atoms with van der Waals surface area (Å²) >= 11 is 0. The second-order valence-corrected chi connectivity index (χ2v) is 4.22. The van der Waals surface area contributed by atoms with Crippen molar-refractivity contribution >= 4 is 0 Å². The summed E-state index contributed by atoms with van der Waals surface area (Å²) in [7, 11) is 0. The molecule has 0 radical (unpaired) electrons. The lowest BCUT2D eigenvalue weighted by atomic mass is 10.0. The molecule has 0 N–H and O–H groups in total. The van der Waals surface area contributed by atoms with E-state index in [2.05, 4.69) is 0 Å². The Morgan fingerprint density at radius 2 is 1.78 bits per heavy atom. The quantitative estimate of drug-likeness (QED) is 0.813. The summed E-state index contributed by atoms with van der Waals surface area (Å²) in [6.45, 7) is 4.80. The third-order valence-electron chi connectivity index (χ3n) is 3.05. The van der Waals surface area contributed by atoms with Gasteiger partial charge in [0.2, 0.25) is 0 Å². The highest BCUT2D eigenvalue weighted by atomic mass is 19.1. The molecule has 3 heteroatoms. The monoisotopic (exact) mass is 245 g/mol. The van der Waals surface area contributed by atoms with Gasteiger partial charge in [-0.15, -0.1) is 0 Å². The number of aryl methyl sites for hydroxylation is 2. The van der Waals surface area contributed by atoms with Crippen LogP contribution < -0.4 is 5.43 Å². The highest BCUT2D eigenvalue weighted by Gasteiger charge is 2.08. The Hall–Kier alpha value is -1.90. The molecule has 2 aromatic rings. The lowest BCUT2D eigenvalue weighted by molar-refractivity contribution is 0.628. The largest absolute Gasteiger partial charge is 0.353 e. The molecule has 2 nitrogen and oxygen atoms in total. The molecule has 1 aromatic carbocycles. The van der Waals surface area contributed by atoms with Crippen LogP contribution in [0.15, 0.2) is 41.5 Å². The molecule has 0 amide bonds. The Morgan fingerprint density at radius 1 is 1.11 bits per heavy atom. The van der Waals surface area contributed by atoms with E-state index in [0.29, 0.717) is 12.0 Å². The summed E-state index contributed by atoms with van der Waals surface area (Å²) in [5.41, 5.74) is 2.22. The Balaban J connectivity index is 2.62. The number of hydrogen-bond acceptors (Lipinski definition) is 1. The van der Waals surface area contributed by atoms with E-state index in [4.69, 9.17) is 0 Å². The first kappa shape index (κ1) is 12.6. The van der Waals surface area contributed by atoms with Crippen molar-refractivity contribution in [2.75, 3.05) is 0 Å². The predicted molar refractivity (Wildman–Crippen MR) is 71.1 cm³/mol. The summed E-state index contributed by atoms with van der Waals surface area (Å²) in [5.74, 6) is -0.291. The minimum absolute atomic E-state index is 0.0359. The first-order valence-corrected chi connectivity index (χ1v) is 6.14. The zero-order chi connectivity index (χ0) is 13.1. The molecular weight excluding hydrogens is 229 g/mol. The van der Waals surface area contributed by atoms with Gasteiger partial charge < -0.3 is 4.57 Å². The number of benzene rings is 1. The molecule has 0 unspecified atom stereocenters. The molecule has 0 aliphatic rings. The molecule has 0 aliphatic heterocycles. The van der Waals surface area contributed by atoms with Gasteiger partial charge in [0.25, 0.3) is 0 Å². The fourth-order valence-electron chi connectivity index (χ4n) is 1.96. The van der Waals surface area contributed by atoms with Crippen molar-refractivity contribution in [3.63, 3.8) is 0 Å². The second-order valence-electron chi connectivity index (χ2n) is 4.22. The van der Waals surface area contributed by atoms with Crippen LogP contribution in [-0.2, 0) is 13.0 Å². The van der Waals surface area contributed by atoms with Crippen molar-refractivity contribution in [3.05, 3.63) is 58.3 Å². The number of rotatable bonds is 3. The smallest absolute Gasteiger partial charge is 0.192 e. The van der Waals surface area contributed by atoms with Crippen LogP contribution >= 0.6 is 0 Å². The third-order valence-corrected chi connectivity index (χ3v) is 3.05. The van der Waals surface area contributed by atoms with Crippen LogP contribution in [0.5, 0.6) is 0 Å². The average Bonchev–Trinajstić information content (AvgIpc) is 2.40. The lowest BCUT2D eigenvalue weighted by Gasteiger charge is -2.09. The molecule has 1 aromatic heterocycles. The molecule has 0 aliphatic carbocycles. The van der Waals surface area contributed by atoms with Gasteiger partial charge in [-0.05, 0) is 31.0 Å². The Bertz CT molecular complexity index is 599. The topological polar surface area (TPSA) is 22.0 Å². The summed E-state index contributed by atoms with van der Waals surface area (Å²) < 4.78 is 14.9. The van der Waals surface area contributed by atoms with E-state index in [1.54, 1.807) is 12.1 Å². The summed E-state index contributed by atoms with van der Waals surface area (Å²) in [6, 6.07) is 6.05. The number of halogens is 1. The molecule has 0 fully saturated rings. The molecule has 0 saturated carbocycles. The van der Waals surface area contributed by atoms with E-state index in [1.807, 2.05) is 30.8 Å². The number of pyridine rings is 1. The number of hydrogen-bond donors (Lipinski definition) is 0. The average molecular weight is 245 g/mol. The highest BCUT2D eigenvalue weighted by molar-refractivity contribution is 5.63. The maximum atomic E-state index is 12.9. The molecule has 1 heterocycles. The Kier molecular flexibility index (Phi) is 3.60. The van der Waals surface area contributed by atoms with Crippen molar-refractivity contribution < 1.29 is 4.39 Å². The van der Waals surface area contributed by atoms with Crippen LogP contribution in [0.4, 0.5) is 4.39 Å². The van der Waals surface area contributed by atoms with E-state index in [9.17, 15) is 9.18 Å². The molecule has 94 valence electrons. The number of nitrogens with zero attached hydrogens (tertiary/aromatic N) is 1. The normalized spacial score (nSPS) is 10.6. The summed E-state index contributed by atoms with van der Waals surface area (Å²) in [6.07, 6.45) is 4.41. The van der Waals surface area contributed by atoms with Gasteiger partial charge in [-0.25, -0.2) is 4.39 Å². The minimum Gasteiger partial charge on any atom is -0.353 e. The van der Waals surface area contributed by atoms with Gasteiger partial charge in [0.15, 0.2) is 5.43 Å². The Labute approximate surface area is 106 Å². The van der Waals surface area contributed by atoms with Crippen molar-refractivity contribution in [1.82, 2.24) is 4.57 Å². The van der Waals surface area contributed by atoms with Crippen molar-refractivity contribution in [3.8, 4) is 11.1 Å². The van der Waals surface area contributed by atoms with Crippen LogP contribution in [0.25, 0.3) is 11.1 Å².